The minimum Gasteiger partial charge on any atom is -0.381 e. The summed E-state index contributed by atoms with van der Waals surface area (Å²) >= 11 is 0. The number of amides is 1. The van der Waals surface area contributed by atoms with Crippen molar-refractivity contribution in [1.82, 2.24) is 14.5 Å². The van der Waals surface area contributed by atoms with Gasteiger partial charge in [0.05, 0.1) is 0 Å². The monoisotopic (exact) mass is 393 g/mol. The maximum absolute atomic E-state index is 13.0. The number of ether oxygens (including phenoxy) is 1. The average Bonchev–Trinajstić information content (AvgIpc) is 2.75. The van der Waals surface area contributed by atoms with Crippen LogP contribution in [-0.2, 0) is 16.1 Å². The lowest BCUT2D eigenvalue weighted by Crippen LogP contribution is -2.49. The number of likely N-dealkylation sites (tertiary alicyclic amines) is 1. The number of nitrogens with zero attached hydrogens (tertiary/aromatic N) is 3. The molecule has 5 rings (SSSR count). The highest BCUT2D eigenvalue weighted by molar-refractivity contribution is 5.76. The van der Waals surface area contributed by atoms with Gasteiger partial charge in [-0.2, -0.15) is 0 Å². The van der Waals surface area contributed by atoms with Crippen LogP contribution < -0.4 is 5.56 Å². The molecule has 0 radical (unpaired) electrons. The molecule has 2 atom stereocenters. The molecule has 2 aromatic heterocycles. The molecule has 0 aromatic carbocycles. The third-order valence-electron chi connectivity index (χ3n) is 6.71. The summed E-state index contributed by atoms with van der Waals surface area (Å²) in [7, 11) is 0. The van der Waals surface area contributed by atoms with Crippen LogP contribution in [0.5, 0.6) is 0 Å². The number of pyridine rings is 2. The van der Waals surface area contributed by atoms with Gasteiger partial charge in [0.25, 0.3) is 5.56 Å². The number of rotatable bonds is 3. The van der Waals surface area contributed by atoms with Crippen molar-refractivity contribution in [1.29, 1.82) is 0 Å². The molecule has 0 spiro atoms. The van der Waals surface area contributed by atoms with Crippen LogP contribution in [0.25, 0.3) is 11.1 Å². The number of fused-ring (bicyclic) bond motifs is 4. The molecule has 6 nitrogen and oxygen atoms in total. The molecule has 0 aliphatic carbocycles. The van der Waals surface area contributed by atoms with Gasteiger partial charge in [0, 0.05) is 74.9 Å². The first-order chi connectivity index (χ1) is 14.2. The Kier molecular flexibility index (Phi) is 4.96. The van der Waals surface area contributed by atoms with E-state index in [9.17, 15) is 9.59 Å². The van der Waals surface area contributed by atoms with Gasteiger partial charge in [-0.1, -0.05) is 6.07 Å². The normalized spacial score (nSPS) is 24.2. The Morgan fingerprint density at radius 2 is 2.00 bits per heavy atom. The minimum atomic E-state index is 0.0537. The molecule has 2 fully saturated rings. The SMILES string of the molecule is O=C(CC1CCOCC1)N1C[C@@H]2C[C@H](C1)c1cc(-c3cccnc3)cc(=O)n1C2. The summed E-state index contributed by atoms with van der Waals surface area (Å²) < 4.78 is 7.35. The van der Waals surface area contributed by atoms with E-state index in [1.165, 1.54) is 0 Å². The van der Waals surface area contributed by atoms with Crippen LogP contribution in [0, 0.1) is 11.8 Å². The maximum Gasteiger partial charge on any atom is 0.251 e. The van der Waals surface area contributed by atoms with E-state index in [2.05, 4.69) is 16.0 Å². The topological polar surface area (TPSA) is 64.4 Å². The molecule has 29 heavy (non-hydrogen) atoms. The minimum absolute atomic E-state index is 0.0537. The molecule has 3 aliphatic heterocycles. The zero-order valence-corrected chi connectivity index (χ0v) is 16.6. The maximum atomic E-state index is 13.0. The molecular weight excluding hydrogens is 366 g/mol. The standard InChI is InChI=1S/C23H27N3O3/c27-22(9-16-3-6-29-7-4-16)25-13-17-8-20(15-25)21-10-19(11-23(28)26(21)14-17)18-2-1-5-24-12-18/h1-2,5,10-12,16-17,20H,3-4,6-9,13-15H2/t17-,20+/m0/s1. The van der Waals surface area contributed by atoms with E-state index in [1.54, 1.807) is 18.5 Å². The van der Waals surface area contributed by atoms with Crippen molar-refractivity contribution in [2.75, 3.05) is 26.3 Å². The Labute approximate surface area is 170 Å². The van der Waals surface area contributed by atoms with Gasteiger partial charge in [-0.15, -0.1) is 0 Å². The zero-order chi connectivity index (χ0) is 19.8. The Morgan fingerprint density at radius 3 is 2.79 bits per heavy atom. The van der Waals surface area contributed by atoms with Gasteiger partial charge in [0.1, 0.15) is 0 Å². The van der Waals surface area contributed by atoms with Crippen LogP contribution in [-0.4, -0.2) is 46.7 Å². The Bertz CT molecular complexity index is 950. The van der Waals surface area contributed by atoms with Gasteiger partial charge in [0.15, 0.2) is 0 Å². The van der Waals surface area contributed by atoms with E-state index in [0.717, 1.165) is 55.8 Å². The van der Waals surface area contributed by atoms with Gasteiger partial charge < -0.3 is 14.2 Å². The van der Waals surface area contributed by atoms with E-state index in [4.69, 9.17) is 4.74 Å². The van der Waals surface area contributed by atoms with Crippen molar-refractivity contribution in [3.63, 3.8) is 0 Å². The van der Waals surface area contributed by atoms with Crippen molar-refractivity contribution >= 4 is 5.91 Å². The second-order valence-electron chi connectivity index (χ2n) is 8.72. The molecule has 2 bridgehead atoms. The van der Waals surface area contributed by atoms with Crippen molar-refractivity contribution in [3.05, 3.63) is 52.7 Å². The van der Waals surface area contributed by atoms with E-state index < -0.39 is 0 Å². The molecule has 0 N–H and O–H groups in total. The van der Waals surface area contributed by atoms with Crippen LogP contribution in [0.3, 0.4) is 0 Å². The van der Waals surface area contributed by atoms with E-state index in [-0.39, 0.29) is 17.4 Å². The summed E-state index contributed by atoms with van der Waals surface area (Å²) in [5.41, 5.74) is 2.99. The van der Waals surface area contributed by atoms with Crippen molar-refractivity contribution in [2.45, 2.75) is 38.1 Å². The molecular formula is C23H27N3O3. The molecule has 0 unspecified atom stereocenters. The fourth-order valence-electron chi connectivity index (χ4n) is 5.19. The summed E-state index contributed by atoms with van der Waals surface area (Å²) in [6.45, 7) is 3.75. The van der Waals surface area contributed by atoms with E-state index in [1.807, 2.05) is 16.7 Å². The zero-order valence-electron chi connectivity index (χ0n) is 16.6. The number of hydrogen-bond acceptors (Lipinski definition) is 4. The summed E-state index contributed by atoms with van der Waals surface area (Å²) in [5.74, 6) is 1.31. The summed E-state index contributed by atoms with van der Waals surface area (Å²) in [6.07, 6.45) is 7.19. The Morgan fingerprint density at radius 1 is 1.14 bits per heavy atom. The third kappa shape index (κ3) is 3.73. The number of carbonyl (C=O) groups is 1. The van der Waals surface area contributed by atoms with Gasteiger partial charge in [-0.3, -0.25) is 14.6 Å². The second kappa shape index (κ2) is 7.75. The van der Waals surface area contributed by atoms with Crippen LogP contribution >= 0.6 is 0 Å². The first-order valence-corrected chi connectivity index (χ1v) is 10.7. The molecule has 152 valence electrons. The molecule has 0 saturated carbocycles. The van der Waals surface area contributed by atoms with Crippen LogP contribution in [0.1, 0.15) is 37.3 Å². The number of hydrogen-bond donors (Lipinski definition) is 0. The van der Waals surface area contributed by atoms with Crippen molar-refractivity contribution in [3.8, 4) is 11.1 Å². The lowest BCUT2D eigenvalue weighted by Gasteiger charge is -2.43. The number of carbonyl (C=O) groups excluding carboxylic acids is 1. The summed E-state index contributed by atoms with van der Waals surface area (Å²) in [4.78, 5) is 32.0. The lowest BCUT2D eigenvalue weighted by atomic mass is 9.82. The summed E-state index contributed by atoms with van der Waals surface area (Å²) in [6, 6.07) is 7.72. The first-order valence-electron chi connectivity index (χ1n) is 10.7. The molecule has 6 heteroatoms. The molecule has 5 heterocycles. The lowest BCUT2D eigenvalue weighted by molar-refractivity contribution is -0.135. The van der Waals surface area contributed by atoms with Gasteiger partial charge in [0.2, 0.25) is 5.91 Å². The quantitative estimate of drug-likeness (QED) is 0.804. The number of aromatic nitrogens is 2. The molecule has 2 aromatic rings. The second-order valence-corrected chi connectivity index (χ2v) is 8.72. The highest BCUT2D eigenvalue weighted by Crippen LogP contribution is 2.37. The smallest absolute Gasteiger partial charge is 0.251 e. The first kappa shape index (κ1) is 18.6. The largest absolute Gasteiger partial charge is 0.381 e. The summed E-state index contributed by atoms with van der Waals surface area (Å²) in [5, 5.41) is 0. The Hall–Kier alpha value is -2.47. The van der Waals surface area contributed by atoms with E-state index in [0.29, 0.717) is 31.3 Å². The molecule has 1 amide bonds. The molecule has 2 saturated heterocycles. The van der Waals surface area contributed by atoms with Crippen LogP contribution in [0.2, 0.25) is 0 Å². The average molecular weight is 393 g/mol. The fraction of sp³-hybridized carbons (Fsp3) is 0.522. The predicted octanol–water partition coefficient (Wildman–Crippen LogP) is 2.67. The highest BCUT2D eigenvalue weighted by Gasteiger charge is 2.37. The number of piperidine rings is 1. The van der Waals surface area contributed by atoms with Crippen LogP contribution in [0.4, 0.5) is 0 Å². The molecule has 3 aliphatic rings. The third-order valence-corrected chi connectivity index (χ3v) is 6.71. The van der Waals surface area contributed by atoms with Crippen LogP contribution in [0.15, 0.2) is 41.5 Å². The van der Waals surface area contributed by atoms with Gasteiger partial charge in [-0.25, -0.2) is 0 Å². The van der Waals surface area contributed by atoms with Gasteiger partial charge >= 0.3 is 0 Å². The predicted molar refractivity (Wildman–Crippen MR) is 110 cm³/mol. The Balaban J connectivity index is 1.38. The van der Waals surface area contributed by atoms with Crippen molar-refractivity contribution < 1.29 is 9.53 Å². The van der Waals surface area contributed by atoms with Gasteiger partial charge in [-0.05, 0) is 48.8 Å². The van der Waals surface area contributed by atoms with E-state index >= 15 is 0 Å². The fourth-order valence-corrected chi connectivity index (χ4v) is 5.19. The highest BCUT2D eigenvalue weighted by atomic mass is 16.5. The van der Waals surface area contributed by atoms with Crippen molar-refractivity contribution in [2.24, 2.45) is 11.8 Å².